The summed E-state index contributed by atoms with van der Waals surface area (Å²) in [5, 5.41) is 2.88. The molecule has 1 N–H and O–H groups in total. The van der Waals surface area contributed by atoms with Gasteiger partial charge in [0, 0.05) is 20.9 Å². The molecule has 0 spiro atoms. The summed E-state index contributed by atoms with van der Waals surface area (Å²) in [6.45, 7) is 14.1. The van der Waals surface area contributed by atoms with Gasteiger partial charge in [-0.1, -0.05) is 37.3 Å². The highest BCUT2D eigenvalue weighted by atomic mass is 16.2. The lowest BCUT2D eigenvalue weighted by Gasteiger charge is -2.32. The number of rotatable bonds is 9. The molecule has 0 aromatic carbocycles. The average molecular weight is 280 g/mol. The van der Waals surface area contributed by atoms with Crippen LogP contribution < -0.4 is 5.32 Å². The van der Waals surface area contributed by atoms with E-state index in [4.69, 9.17) is 0 Å². The number of aldehydes is 1. The number of urea groups is 1. The molecule has 0 rings (SSSR count). The SMILES string of the molecule is C=CCN(C/C=C/CC)C(=O)N[C@@](C)(CC=O)C(=C)C.[HH]. The van der Waals surface area contributed by atoms with E-state index in [0.29, 0.717) is 13.1 Å². The number of hydrogen-bond acceptors (Lipinski definition) is 2. The van der Waals surface area contributed by atoms with Gasteiger partial charge in [-0.05, 0) is 20.3 Å². The number of amides is 2. The number of hydrogen-bond donors (Lipinski definition) is 1. The van der Waals surface area contributed by atoms with Gasteiger partial charge >= 0.3 is 6.03 Å². The molecular formula is C16H28N2O2. The van der Waals surface area contributed by atoms with Crippen molar-refractivity contribution in [2.75, 3.05) is 13.1 Å². The van der Waals surface area contributed by atoms with Gasteiger partial charge in [0.15, 0.2) is 0 Å². The molecule has 0 aromatic heterocycles. The van der Waals surface area contributed by atoms with E-state index >= 15 is 0 Å². The molecule has 0 bridgehead atoms. The maximum absolute atomic E-state index is 12.3. The van der Waals surface area contributed by atoms with Gasteiger partial charge in [-0.2, -0.15) is 0 Å². The molecule has 0 aliphatic carbocycles. The van der Waals surface area contributed by atoms with Crippen molar-refractivity contribution >= 4 is 12.3 Å². The van der Waals surface area contributed by atoms with Gasteiger partial charge in [-0.25, -0.2) is 4.79 Å². The molecule has 20 heavy (non-hydrogen) atoms. The van der Waals surface area contributed by atoms with Crippen LogP contribution in [0.15, 0.2) is 37.0 Å². The highest BCUT2D eigenvalue weighted by Gasteiger charge is 2.28. The quantitative estimate of drug-likeness (QED) is 0.520. The second kappa shape index (κ2) is 9.13. The summed E-state index contributed by atoms with van der Waals surface area (Å²) >= 11 is 0. The van der Waals surface area contributed by atoms with Gasteiger partial charge in [0.1, 0.15) is 6.29 Å². The van der Waals surface area contributed by atoms with Gasteiger partial charge in [-0.3, -0.25) is 0 Å². The predicted molar refractivity (Wildman–Crippen MR) is 85.7 cm³/mol. The van der Waals surface area contributed by atoms with Gasteiger partial charge in [0.05, 0.1) is 5.54 Å². The fraction of sp³-hybridized carbons (Fsp3) is 0.500. The minimum atomic E-state index is -0.716. The first-order chi connectivity index (χ1) is 9.41. The van der Waals surface area contributed by atoms with Crippen LogP contribution in [0.2, 0.25) is 0 Å². The fourth-order valence-electron chi connectivity index (χ4n) is 1.58. The van der Waals surface area contributed by atoms with Crippen LogP contribution in [-0.4, -0.2) is 35.8 Å². The molecule has 0 heterocycles. The summed E-state index contributed by atoms with van der Waals surface area (Å²) in [6.07, 6.45) is 7.56. The zero-order chi connectivity index (χ0) is 15.6. The largest absolute Gasteiger partial charge is 0.329 e. The number of carbonyl (C=O) groups excluding carboxylic acids is 2. The highest BCUT2D eigenvalue weighted by Crippen LogP contribution is 2.18. The molecule has 0 saturated carbocycles. The van der Waals surface area contributed by atoms with Gasteiger partial charge in [-0.15, -0.1) is 6.58 Å². The molecule has 114 valence electrons. The molecule has 0 radical (unpaired) electrons. The van der Waals surface area contributed by atoms with E-state index in [1.165, 1.54) is 0 Å². The first-order valence-corrected chi connectivity index (χ1v) is 6.83. The third-order valence-corrected chi connectivity index (χ3v) is 3.18. The van der Waals surface area contributed by atoms with E-state index in [1.807, 2.05) is 19.1 Å². The van der Waals surface area contributed by atoms with Crippen LogP contribution >= 0.6 is 0 Å². The first-order valence-electron chi connectivity index (χ1n) is 6.83. The summed E-state index contributed by atoms with van der Waals surface area (Å²) < 4.78 is 0. The number of nitrogens with zero attached hydrogens (tertiary/aromatic N) is 1. The molecule has 0 unspecified atom stereocenters. The van der Waals surface area contributed by atoms with Crippen molar-refractivity contribution in [3.63, 3.8) is 0 Å². The molecule has 1 atom stereocenters. The van der Waals surface area contributed by atoms with Crippen molar-refractivity contribution in [2.24, 2.45) is 0 Å². The summed E-state index contributed by atoms with van der Waals surface area (Å²) in [5.74, 6) is 0. The maximum atomic E-state index is 12.3. The van der Waals surface area contributed by atoms with Crippen molar-refractivity contribution in [1.82, 2.24) is 10.2 Å². The first kappa shape index (κ1) is 18.2. The standard InChI is InChI=1S/C16H26N2O2.H2/c1-6-8-9-12-18(11-7-2)15(20)17-16(5,10-13-19)14(3)4;/h7-9,13H,2-3,6,10-12H2,1,4-5H3,(H,17,20);1H/b9-8+;/t16-;/m0./s1. The third kappa shape index (κ3) is 5.87. The van der Waals surface area contributed by atoms with Gasteiger partial charge < -0.3 is 15.0 Å². The molecular weight excluding hydrogens is 252 g/mol. The minimum Gasteiger partial charge on any atom is -0.329 e. The lowest BCUT2D eigenvalue weighted by molar-refractivity contribution is -0.108. The number of nitrogens with one attached hydrogen (secondary N) is 1. The Labute approximate surface area is 123 Å². The Kier molecular flexibility index (Phi) is 8.29. The zero-order valence-corrected chi connectivity index (χ0v) is 12.8. The predicted octanol–water partition coefficient (Wildman–Crippen LogP) is 3.32. The van der Waals surface area contributed by atoms with Crippen molar-refractivity contribution in [3.8, 4) is 0 Å². The van der Waals surface area contributed by atoms with Crippen molar-refractivity contribution in [3.05, 3.63) is 37.0 Å². The van der Waals surface area contributed by atoms with E-state index in [1.54, 1.807) is 24.8 Å². The molecule has 4 heteroatoms. The molecule has 0 fully saturated rings. The Balaban J connectivity index is 0. The molecule has 0 aliphatic heterocycles. The van der Waals surface area contributed by atoms with E-state index in [9.17, 15) is 9.59 Å². The van der Waals surface area contributed by atoms with E-state index in [-0.39, 0.29) is 13.9 Å². The van der Waals surface area contributed by atoms with Crippen LogP contribution in [0.1, 0.15) is 35.0 Å². The Morgan fingerprint density at radius 1 is 1.40 bits per heavy atom. The molecule has 0 saturated heterocycles. The third-order valence-electron chi connectivity index (χ3n) is 3.18. The molecule has 4 nitrogen and oxygen atoms in total. The lowest BCUT2D eigenvalue weighted by Crippen LogP contribution is -2.52. The maximum Gasteiger partial charge on any atom is 0.318 e. The van der Waals surface area contributed by atoms with E-state index < -0.39 is 5.54 Å². The summed E-state index contributed by atoms with van der Waals surface area (Å²) in [6, 6.07) is -0.224. The summed E-state index contributed by atoms with van der Waals surface area (Å²) in [4.78, 5) is 24.7. The van der Waals surface area contributed by atoms with E-state index in [2.05, 4.69) is 18.5 Å². The summed E-state index contributed by atoms with van der Waals surface area (Å²) in [5.41, 5.74) is 0.0350. The molecule has 0 aliphatic rings. The monoisotopic (exact) mass is 280 g/mol. The molecule has 2 amide bonds. The van der Waals surface area contributed by atoms with Crippen LogP contribution in [0.4, 0.5) is 4.79 Å². The smallest absolute Gasteiger partial charge is 0.318 e. The normalized spacial score (nSPS) is 13.6. The highest BCUT2D eigenvalue weighted by molar-refractivity contribution is 5.76. The van der Waals surface area contributed by atoms with Crippen LogP contribution in [0.25, 0.3) is 0 Å². The molecule has 0 aromatic rings. The average Bonchev–Trinajstić information content (AvgIpc) is 2.37. The van der Waals surface area contributed by atoms with Crippen molar-refractivity contribution in [1.29, 1.82) is 0 Å². The van der Waals surface area contributed by atoms with Gasteiger partial charge in [0.2, 0.25) is 0 Å². The Morgan fingerprint density at radius 3 is 2.50 bits per heavy atom. The number of carbonyl (C=O) groups is 2. The Morgan fingerprint density at radius 2 is 2.05 bits per heavy atom. The summed E-state index contributed by atoms with van der Waals surface area (Å²) in [7, 11) is 0. The van der Waals surface area contributed by atoms with Crippen LogP contribution in [0, 0.1) is 0 Å². The van der Waals surface area contributed by atoms with E-state index in [0.717, 1.165) is 18.3 Å². The van der Waals surface area contributed by atoms with Crippen LogP contribution in [0.3, 0.4) is 0 Å². The Hall–Kier alpha value is -1.84. The lowest BCUT2D eigenvalue weighted by atomic mass is 9.91. The zero-order valence-electron chi connectivity index (χ0n) is 12.8. The topological polar surface area (TPSA) is 49.4 Å². The minimum absolute atomic E-state index is 0. The second-order valence-corrected chi connectivity index (χ2v) is 4.99. The van der Waals surface area contributed by atoms with Crippen molar-refractivity contribution in [2.45, 2.75) is 39.2 Å². The fourth-order valence-corrected chi connectivity index (χ4v) is 1.58. The van der Waals surface area contributed by atoms with Crippen molar-refractivity contribution < 1.29 is 11.0 Å². The second-order valence-electron chi connectivity index (χ2n) is 4.99. The number of allylic oxidation sites excluding steroid dienone is 1. The van der Waals surface area contributed by atoms with Crippen LogP contribution in [0.5, 0.6) is 0 Å². The van der Waals surface area contributed by atoms with Crippen LogP contribution in [-0.2, 0) is 4.79 Å². The Bertz CT molecular complexity index is 394. The van der Waals surface area contributed by atoms with Gasteiger partial charge in [0.25, 0.3) is 0 Å².